The summed E-state index contributed by atoms with van der Waals surface area (Å²) in [5.74, 6) is -0.485. The van der Waals surface area contributed by atoms with Crippen LogP contribution in [0.15, 0.2) is 28.0 Å². The molecular formula is C12H15NO4S2. The van der Waals surface area contributed by atoms with Gasteiger partial charge in [0.05, 0.1) is 21.6 Å². The van der Waals surface area contributed by atoms with Gasteiger partial charge in [-0.1, -0.05) is 12.1 Å². The molecule has 0 saturated heterocycles. The van der Waals surface area contributed by atoms with E-state index in [1.54, 1.807) is 12.1 Å². The van der Waals surface area contributed by atoms with E-state index in [0.29, 0.717) is 5.56 Å². The van der Waals surface area contributed by atoms with Gasteiger partial charge in [0.1, 0.15) is 4.90 Å². The number of rotatable bonds is 3. The molecule has 1 aliphatic rings. The number of nitrogen functional groups attached to an aromatic ring is 1. The van der Waals surface area contributed by atoms with Crippen molar-refractivity contribution in [3.8, 4) is 0 Å². The first-order chi connectivity index (χ1) is 8.66. The molecule has 5 nitrogen and oxygen atoms in total. The van der Waals surface area contributed by atoms with E-state index >= 15 is 0 Å². The lowest BCUT2D eigenvalue weighted by Crippen LogP contribution is -2.21. The zero-order valence-electron chi connectivity index (χ0n) is 10.6. The Labute approximate surface area is 113 Å². The highest BCUT2D eigenvalue weighted by molar-refractivity contribution is 7.98. The van der Waals surface area contributed by atoms with Gasteiger partial charge in [0.15, 0.2) is 9.84 Å². The Morgan fingerprint density at radius 3 is 2.42 bits per heavy atom. The van der Waals surface area contributed by atoms with Crippen molar-refractivity contribution in [2.24, 2.45) is 0 Å². The van der Waals surface area contributed by atoms with E-state index in [1.165, 1.54) is 26.0 Å². The van der Waals surface area contributed by atoms with Gasteiger partial charge in [0, 0.05) is 0 Å². The van der Waals surface area contributed by atoms with Gasteiger partial charge < -0.3 is 5.73 Å². The molecular weight excluding hydrogens is 286 g/mol. The first-order valence-corrected chi connectivity index (χ1v) is 8.92. The lowest BCUT2D eigenvalue weighted by Gasteiger charge is -2.09. The highest BCUT2D eigenvalue weighted by Crippen LogP contribution is 2.37. The fourth-order valence-electron chi connectivity index (χ4n) is 1.86. The van der Waals surface area contributed by atoms with Gasteiger partial charge in [-0.3, -0.25) is 0 Å². The molecule has 0 aliphatic carbocycles. The number of hydrogen-bond acceptors (Lipinski definition) is 5. The van der Waals surface area contributed by atoms with Crippen LogP contribution in [0.5, 0.6) is 0 Å². The van der Waals surface area contributed by atoms with Gasteiger partial charge in [0.2, 0.25) is 9.84 Å². The van der Waals surface area contributed by atoms with Crippen LogP contribution < -0.4 is 5.73 Å². The summed E-state index contributed by atoms with van der Waals surface area (Å²) >= 11 is 0. The van der Waals surface area contributed by atoms with E-state index in [-0.39, 0.29) is 15.5 Å². The molecule has 0 spiro atoms. The third-order valence-electron chi connectivity index (χ3n) is 3.07. The van der Waals surface area contributed by atoms with Crippen molar-refractivity contribution in [2.75, 3.05) is 11.5 Å². The van der Waals surface area contributed by atoms with E-state index in [4.69, 9.17) is 5.73 Å². The lowest BCUT2D eigenvalue weighted by molar-refractivity contribution is 0.587. The molecule has 2 N–H and O–H groups in total. The Kier molecular flexibility index (Phi) is 3.22. The van der Waals surface area contributed by atoms with Gasteiger partial charge in [-0.05, 0) is 31.6 Å². The molecule has 1 aromatic carbocycles. The van der Waals surface area contributed by atoms with Crippen molar-refractivity contribution in [2.45, 2.75) is 24.0 Å². The molecule has 1 aromatic rings. The first kappa shape index (κ1) is 14.1. The maximum absolute atomic E-state index is 12.3. The van der Waals surface area contributed by atoms with Crippen LogP contribution in [0, 0.1) is 0 Å². The molecule has 0 bridgehead atoms. The van der Waals surface area contributed by atoms with E-state index in [2.05, 4.69) is 0 Å². The summed E-state index contributed by atoms with van der Waals surface area (Å²) in [5, 5.41) is -0.621. The maximum atomic E-state index is 12.3. The van der Waals surface area contributed by atoms with Crippen molar-refractivity contribution in [3.63, 3.8) is 0 Å². The fourth-order valence-corrected chi connectivity index (χ4v) is 5.15. The predicted molar refractivity (Wildman–Crippen MR) is 74.9 cm³/mol. The van der Waals surface area contributed by atoms with Crippen LogP contribution in [0.3, 0.4) is 0 Å². The third-order valence-corrected chi connectivity index (χ3v) is 7.36. The minimum absolute atomic E-state index is 0.0176. The summed E-state index contributed by atoms with van der Waals surface area (Å²) in [6, 6.07) is 4.74. The Bertz CT molecular complexity index is 759. The monoisotopic (exact) mass is 301 g/mol. The average Bonchev–Trinajstić information content (AvgIpc) is 2.51. The van der Waals surface area contributed by atoms with Crippen LogP contribution in [0.2, 0.25) is 0 Å². The van der Waals surface area contributed by atoms with E-state index < -0.39 is 30.7 Å². The van der Waals surface area contributed by atoms with Crippen LogP contribution in [0.4, 0.5) is 5.69 Å². The number of hydrogen-bond donors (Lipinski definition) is 1. The molecule has 104 valence electrons. The number of nitrogens with two attached hydrogens (primary N) is 1. The van der Waals surface area contributed by atoms with Gasteiger partial charge in [-0.15, -0.1) is 0 Å². The molecule has 0 atom stereocenters. The smallest absolute Gasteiger partial charge is 0.206 e. The first-order valence-electron chi connectivity index (χ1n) is 5.72. The van der Waals surface area contributed by atoms with Crippen LogP contribution in [0.25, 0.3) is 6.08 Å². The minimum Gasteiger partial charge on any atom is -0.398 e. The SMILES string of the molecule is CC(C)S(=O)(=O)CC1=Cc2cccc(N)c2S1(=O)=O. The second-order valence-corrected chi connectivity index (χ2v) is 9.23. The van der Waals surface area contributed by atoms with Crippen LogP contribution >= 0.6 is 0 Å². The largest absolute Gasteiger partial charge is 0.398 e. The van der Waals surface area contributed by atoms with Crippen molar-refractivity contribution >= 4 is 31.4 Å². The van der Waals surface area contributed by atoms with Gasteiger partial charge in [0.25, 0.3) is 0 Å². The zero-order valence-corrected chi connectivity index (χ0v) is 12.3. The normalized spacial score (nSPS) is 17.3. The average molecular weight is 301 g/mol. The maximum Gasteiger partial charge on any atom is 0.206 e. The third kappa shape index (κ3) is 2.28. The Balaban J connectivity index is 2.52. The minimum atomic E-state index is -3.79. The Hall–Kier alpha value is -1.34. The highest BCUT2D eigenvalue weighted by atomic mass is 32.2. The molecule has 1 heterocycles. The second kappa shape index (κ2) is 4.35. The number of anilines is 1. The lowest BCUT2D eigenvalue weighted by atomic mass is 10.2. The number of fused-ring (bicyclic) bond motifs is 1. The predicted octanol–water partition coefficient (Wildman–Crippen LogP) is 1.22. The Morgan fingerprint density at radius 1 is 1.26 bits per heavy atom. The summed E-state index contributed by atoms with van der Waals surface area (Å²) < 4.78 is 48.3. The van der Waals surface area contributed by atoms with E-state index in [0.717, 1.165) is 0 Å². The molecule has 19 heavy (non-hydrogen) atoms. The topological polar surface area (TPSA) is 94.3 Å². The summed E-state index contributed by atoms with van der Waals surface area (Å²) in [4.78, 5) is -0.0851. The fraction of sp³-hybridized carbons (Fsp3) is 0.333. The summed E-state index contributed by atoms with van der Waals surface area (Å²) in [6.07, 6.45) is 1.39. The van der Waals surface area contributed by atoms with Crippen LogP contribution in [-0.2, 0) is 19.7 Å². The molecule has 1 aliphatic heterocycles. The number of sulfone groups is 2. The second-order valence-electron chi connectivity index (χ2n) is 4.74. The molecule has 0 fully saturated rings. The van der Waals surface area contributed by atoms with Crippen LogP contribution in [-0.4, -0.2) is 27.8 Å². The molecule has 0 radical (unpaired) electrons. The van der Waals surface area contributed by atoms with Crippen molar-refractivity contribution in [1.82, 2.24) is 0 Å². The van der Waals surface area contributed by atoms with Crippen molar-refractivity contribution in [3.05, 3.63) is 28.7 Å². The van der Waals surface area contributed by atoms with Crippen molar-refractivity contribution in [1.29, 1.82) is 0 Å². The summed E-state index contributed by atoms with van der Waals surface area (Å²) in [5.41, 5.74) is 6.27. The molecule has 2 rings (SSSR count). The number of benzene rings is 1. The van der Waals surface area contributed by atoms with E-state index in [1.807, 2.05) is 0 Å². The molecule has 0 saturated carbocycles. The van der Waals surface area contributed by atoms with Crippen molar-refractivity contribution < 1.29 is 16.8 Å². The molecule has 0 aromatic heterocycles. The van der Waals surface area contributed by atoms with Gasteiger partial charge in [-0.2, -0.15) is 0 Å². The Morgan fingerprint density at radius 2 is 1.89 bits per heavy atom. The quantitative estimate of drug-likeness (QED) is 0.847. The summed E-state index contributed by atoms with van der Waals surface area (Å²) in [7, 11) is -7.26. The molecule has 0 unspecified atom stereocenters. The highest BCUT2D eigenvalue weighted by Gasteiger charge is 2.34. The van der Waals surface area contributed by atoms with Gasteiger partial charge in [-0.25, -0.2) is 16.8 Å². The summed E-state index contributed by atoms with van der Waals surface area (Å²) in [6.45, 7) is 3.05. The van der Waals surface area contributed by atoms with Gasteiger partial charge >= 0.3 is 0 Å². The van der Waals surface area contributed by atoms with Crippen LogP contribution in [0.1, 0.15) is 19.4 Å². The standard InChI is InChI=1S/C12H15NO4S2/c1-8(2)18(14,15)7-10-6-9-4-3-5-11(13)12(9)19(10,16)17/h3-6,8H,7,13H2,1-2H3. The van der Waals surface area contributed by atoms with E-state index in [9.17, 15) is 16.8 Å². The zero-order chi connectivity index (χ0) is 14.4. The molecule has 0 amide bonds. The molecule has 7 heteroatoms.